The lowest BCUT2D eigenvalue weighted by molar-refractivity contribution is -0.122. The SMILES string of the molecule is NC12CC1CCC1(C2)C(=O)Nc2nnc(-c3ccccc3O)cc21. The summed E-state index contributed by atoms with van der Waals surface area (Å²) < 4.78 is 0. The summed E-state index contributed by atoms with van der Waals surface area (Å²) in [6.07, 6.45) is 3.43. The maximum Gasteiger partial charge on any atom is 0.236 e. The molecule has 6 nitrogen and oxygen atoms in total. The minimum atomic E-state index is -0.605. The summed E-state index contributed by atoms with van der Waals surface area (Å²) >= 11 is 0. The second kappa shape index (κ2) is 4.33. The molecule has 6 heteroatoms. The zero-order chi connectivity index (χ0) is 16.5. The number of amides is 1. The number of carbonyl (C=O) groups is 1. The highest BCUT2D eigenvalue weighted by Crippen LogP contribution is 2.60. The predicted octanol–water partition coefficient (Wildman–Crippen LogP) is 1.94. The van der Waals surface area contributed by atoms with Crippen molar-refractivity contribution in [2.75, 3.05) is 5.32 Å². The van der Waals surface area contributed by atoms with E-state index in [1.807, 2.05) is 12.1 Å². The first-order valence-electron chi connectivity index (χ1n) is 8.29. The number of phenolic OH excluding ortho intramolecular Hbond substituents is 1. The van der Waals surface area contributed by atoms with Gasteiger partial charge < -0.3 is 16.2 Å². The molecule has 1 amide bonds. The highest BCUT2D eigenvalue weighted by atomic mass is 16.3. The lowest BCUT2D eigenvalue weighted by atomic mass is 9.68. The molecule has 4 N–H and O–H groups in total. The van der Waals surface area contributed by atoms with Crippen LogP contribution in [0.3, 0.4) is 0 Å². The van der Waals surface area contributed by atoms with E-state index in [1.54, 1.807) is 18.2 Å². The number of hydrogen-bond donors (Lipinski definition) is 3. The van der Waals surface area contributed by atoms with E-state index in [0.29, 0.717) is 29.4 Å². The van der Waals surface area contributed by atoms with Crippen molar-refractivity contribution in [2.24, 2.45) is 11.7 Å². The molecule has 3 aliphatic rings. The quantitative estimate of drug-likeness (QED) is 0.745. The molecule has 2 saturated carbocycles. The Morgan fingerprint density at radius 2 is 2.12 bits per heavy atom. The van der Waals surface area contributed by atoms with Crippen molar-refractivity contribution in [3.8, 4) is 17.0 Å². The van der Waals surface area contributed by atoms with E-state index >= 15 is 0 Å². The van der Waals surface area contributed by atoms with Gasteiger partial charge in [-0.3, -0.25) is 4.79 Å². The second-order valence-corrected chi connectivity index (χ2v) is 7.39. The third kappa shape index (κ3) is 1.72. The number of fused-ring (bicyclic) bond motifs is 3. The molecule has 0 radical (unpaired) electrons. The average Bonchev–Trinajstić information content (AvgIpc) is 3.18. The van der Waals surface area contributed by atoms with Crippen LogP contribution in [-0.2, 0) is 10.2 Å². The molecular formula is C18H18N4O2. The Bertz CT molecular complexity index is 883. The minimum absolute atomic E-state index is 0.0172. The van der Waals surface area contributed by atoms with Crippen LogP contribution in [0.1, 0.15) is 31.2 Å². The molecule has 1 aromatic heterocycles. The average molecular weight is 322 g/mol. The maximum absolute atomic E-state index is 12.7. The molecule has 0 bridgehead atoms. The number of aromatic hydroxyl groups is 1. The van der Waals surface area contributed by atoms with Gasteiger partial charge in [0.15, 0.2) is 5.82 Å². The number of nitrogens with one attached hydrogen (secondary N) is 1. The number of anilines is 1. The molecule has 2 aliphatic carbocycles. The summed E-state index contributed by atoms with van der Waals surface area (Å²) in [6.45, 7) is 0. The second-order valence-electron chi connectivity index (χ2n) is 7.39. The van der Waals surface area contributed by atoms with Gasteiger partial charge in [0.2, 0.25) is 5.91 Å². The van der Waals surface area contributed by atoms with E-state index < -0.39 is 5.41 Å². The van der Waals surface area contributed by atoms with Crippen LogP contribution < -0.4 is 11.1 Å². The predicted molar refractivity (Wildman–Crippen MR) is 88.3 cm³/mol. The van der Waals surface area contributed by atoms with Gasteiger partial charge in [-0.05, 0) is 49.8 Å². The first-order chi connectivity index (χ1) is 11.5. The fourth-order valence-corrected chi connectivity index (χ4v) is 4.52. The fourth-order valence-electron chi connectivity index (χ4n) is 4.52. The van der Waals surface area contributed by atoms with E-state index in [4.69, 9.17) is 5.73 Å². The van der Waals surface area contributed by atoms with Gasteiger partial charge in [-0.15, -0.1) is 10.2 Å². The third-order valence-electron chi connectivity index (χ3n) is 5.99. The highest BCUT2D eigenvalue weighted by molar-refractivity contribution is 6.05. The maximum atomic E-state index is 12.7. The Hall–Kier alpha value is -2.47. The highest BCUT2D eigenvalue weighted by Gasteiger charge is 2.63. The van der Waals surface area contributed by atoms with Crippen LogP contribution in [0.25, 0.3) is 11.3 Å². The lowest BCUT2D eigenvalue weighted by Gasteiger charge is -2.34. The summed E-state index contributed by atoms with van der Waals surface area (Å²) in [5.74, 6) is 1.21. The minimum Gasteiger partial charge on any atom is -0.507 e. The fraction of sp³-hybridized carbons (Fsp3) is 0.389. The van der Waals surface area contributed by atoms with Crippen LogP contribution in [0, 0.1) is 5.92 Å². The Morgan fingerprint density at radius 3 is 2.92 bits per heavy atom. The van der Waals surface area contributed by atoms with Gasteiger partial charge in [0.25, 0.3) is 0 Å². The van der Waals surface area contributed by atoms with Crippen molar-refractivity contribution in [1.82, 2.24) is 10.2 Å². The number of rotatable bonds is 1. The van der Waals surface area contributed by atoms with Gasteiger partial charge in [0, 0.05) is 16.7 Å². The third-order valence-corrected chi connectivity index (χ3v) is 5.99. The molecule has 2 heterocycles. The van der Waals surface area contributed by atoms with E-state index in [1.165, 1.54) is 0 Å². The molecule has 1 aromatic carbocycles. The van der Waals surface area contributed by atoms with E-state index in [2.05, 4.69) is 15.5 Å². The van der Waals surface area contributed by atoms with Crippen molar-refractivity contribution >= 4 is 11.7 Å². The number of nitrogens with two attached hydrogens (primary N) is 1. The molecule has 2 fully saturated rings. The van der Waals surface area contributed by atoms with E-state index in [0.717, 1.165) is 24.8 Å². The first-order valence-corrected chi connectivity index (χ1v) is 8.29. The van der Waals surface area contributed by atoms with Crippen LogP contribution >= 0.6 is 0 Å². The molecule has 5 rings (SSSR count). The van der Waals surface area contributed by atoms with Gasteiger partial charge in [-0.25, -0.2) is 0 Å². The Morgan fingerprint density at radius 1 is 1.29 bits per heavy atom. The van der Waals surface area contributed by atoms with Crippen molar-refractivity contribution in [1.29, 1.82) is 0 Å². The zero-order valence-corrected chi connectivity index (χ0v) is 13.1. The summed E-state index contributed by atoms with van der Waals surface area (Å²) in [7, 11) is 0. The van der Waals surface area contributed by atoms with Gasteiger partial charge in [-0.2, -0.15) is 0 Å². The largest absolute Gasteiger partial charge is 0.507 e. The molecule has 1 aliphatic heterocycles. The number of hydrogen-bond acceptors (Lipinski definition) is 5. The van der Waals surface area contributed by atoms with Crippen molar-refractivity contribution < 1.29 is 9.90 Å². The Kier molecular flexibility index (Phi) is 2.51. The lowest BCUT2D eigenvalue weighted by Crippen LogP contribution is -2.45. The summed E-state index contributed by atoms with van der Waals surface area (Å²) in [4.78, 5) is 12.7. The number of nitrogens with zero attached hydrogens (tertiary/aromatic N) is 2. The van der Waals surface area contributed by atoms with Crippen molar-refractivity contribution in [3.05, 3.63) is 35.9 Å². The number of aromatic nitrogens is 2. The Balaban J connectivity index is 1.64. The van der Waals surface area contributed by atoms with Gasteiger partial charge in [-0.1, -0.05) is 12.1 Å². The number of phenols is 1. The summed E-state index contributed by atoms with van der Waals surface area (Å²) in [5.41, 5.74) is 7.69. The standard InChI is InChI=1S/C18H18N4O2/c19-18-8-10(18)5-6-17(9-18)12-7-13(11-3-1-2-4-14(11)23)21-22-15(12)20-16(17)24/h1-4,7,10,23H,5-6,8-9,19H2,(H,20,22,24). The molecule has 122 valence electrons. The molecule has 2 aromatic rings. The first kappa shape index (κ1) is 13.9. The van der Waals surface area contributed by atoms with Crippen LogP contribution in [0.5, 0.6) is 5.75 Å². The van der Waals surface area contributed by atoms with Crippen LogP contribution in [0.4, 0.5) is 5.82 Å². The van der Waals surface area contributed by atoms with Crippen LogP contribution in [0.2, 0.25) is 0 Å². The van der Waals surface area contributed by atoms with Crippen LogP contribution in [0.15, 0.2) is 30.3 Å². The van der Waals surface area contributed by atoms with Gasteiger partial charge in [0.05, 0.1) is 11.1 Å². The van der Waals surface area contributed by atoms with Gasteiger partial charge in [0.1, 0.15) is 5.75 Å². The summed E-state index contributed by atoms with van der Waals surface area (Å²) in [5, 5.41) is 21.4. The topological polar surface area (TPSA) is 101 Å². The van der Waals surface area contributed by atoms with Crippen molar-refractivity contribution in [2.45, 2.75) is 36.6 Å². The molecule has 24 heavy (non-hydrogen) atoms. The van der Waals surface area contributed by atoms with E-state index in [9.17, 15) is 9.90 Å². The molecule has 0 saturated heterocycles. The zero-order valence-electron chi connectivity index (χ0n) is 13.1. The molecule has 3 unspecified atom stereocenters. The monoisotopic (exact) mass is 322 g/mol. The van der Waals surface area contributed by atoms with E-state index in [-0.39, 0.29) is 17.2 Å². The molecule has 3 atom stereocenters. The Labute approximate surface area is 139 Å². The molecule has 1 spiro atoms. The van der Waals surface area contributed by atoms with Gasteiger partial charge >= 0.3 is 0 Å². The number of benzene rings is 1. The number of para-hydroxylation sites is 1. The number of carbonyl (C=O) groups excluding carboxylic acids is 1. The smallest absolute Gasteiger partial charge is 0.236 e. The normalized spacial score (nSPS) is 33.0. The van der Waals surface area contributed by atoms with Crippen molar-refractivity contribution in [3.63, 3.8) is 0 Å². The molecular weight excluding hydrogens is 304 g/mol. The summed E-state index contributed by atoms with van der Waals surface area (Å²) in [6, 6.07) is 8.91. The van der Waals surface area contributed by atoms with Crippen LogP contribution in [-0.4, -0.2) is 26.7 Å².